The Morgan fingerprint density at radius 2 is 2.11 bits per heavy atom. The van der Waals surface area contributed by atoms with Gasteiger partial charge in [-0.3, -0.25) is 4.79 Å². The van der Waals surface area contributed by atoms with Crippen molar-refractivity contribution in [1.82, 2.24) is 5.32 Å². The second-order valence-electron chi connectivity index (χ2n) is 5.10. The summed E-state index contributed by atoms with van der Waals surface area (Å²) in [5.41, 5.74) is 0. The second kappa shape index (κ2) is 6.65. The molecule has 19 heavy (non-hydrogen) atoms. The molecule has 0 radical (unpaired) electrons. The maximum atomic E-state index is 11.6. The third-order valence-corrected chi connectivity index (χ3v) is 3.44. The molecular formula is C13H23NO5. The fraction of sp³-hybridized carbons (Fsp3) is 0.923. The molecule has 0 spiro atoms. The van der Waals surface area contributed by atoms with E-state index < -0.39 is 5.79 Å². The van der Waals surface area contributed by atoms with E-state index in [4.69, 9.17) is 18.9 Å². The van der Waals surface area contributed by atoms with Gasteiger partial charge in [0.15, 0.2) is 5.79 Å². The van der Waals surface area contributed by atoms with E-state index in [1.165, 1.54) is 0 Å². The SMILES string of the molecule is COC1CC1OCCNC(=O)CCC1(C)OCCO1. The van der Waals surface area contributed by atoms with Crippen molar-refractivity contribution in [2.75, 3.05) is 33.5 Å². The van der Waals surface area contributed by atoms with Crippen molar-refractivity contribution < 1.29 is 23.7 Å². The van der Waals surface area contributed by atoms with E-state index in [0.717, 1.165) is 6.42 Å². The number of nitrogens with one attached hydrogen (secondary N) is 1. The lowest BCUT2D eigenvalue weighted by Crippen LogP contribution is -2.32. The molecule has 1 aliphatic carbocycles. The fourth-order valence-electron chi connectivity index (χ4n) is 2.10. The molecule has 110 valence electrons. The highest BCUT2D eigenvalue weighted by molar-refractivity contribution is 5.75. The van der Waals surface area contributed by atoms with E-state index in [2.05, 4.69) is 5.32 Å². The van der Waals surface area contributed by atoms with Crippen LogP contribution in [-0.4, -0.2) is 57.4 Å². The van der Waals surface area contributed by atoms with Gasteiger partial charge in [0.25, 0.3) is 0 Å². The third-order valence-electron chi connectivity index (χ3n) is 3.44. The molecule has 2 unspecified atom stereocenters. The molecule has 0 bridgehead atoms. The number of amides is 1. The fourth-order valence-corrected chi connectivity index (χ4v) is 2.10. The number of hydrogen-bond donors (Lipinski definition) is 1. The normalized spacial score (nSPS) is 28.3. The summed E-state index contributed by atoms with van der Waals surface area (Å²) in [6, 6.07) is 0. The molecule has 2 fully saturated rings. The molecule has 6 heteroatoms. The molecule has 0 aromatic heterocycles. The van der Waals surface area contributed by atoms with Crippen LogP contribution in [-0.2, 0) is 23.7 Å². The molecule has 1 N–H and O–H groups in total. The molecule has 0 aromatic carbocycles. The minimum atomic E-state index is -0.590. The van der Waals surface area contributed by atoms with Crippen LogP contribution in [0.25, 0.3) is 0 Å². The number of carbonyl (C=O) groups is 1. The minimum absolute atomic E-state index is 0.00279. The van der Waals surface area contributed by atoms with E-state index in [1.807, 2.05) is 6.92 Å². The second-order valence-corrected chi connectivity index (χ2v) is 5.10. The summed E-state index contributed by atoms with van der Waals surface area (Å²) >= 11 is 0. The number of carbonyl (C=O) groups excluding carboxylic acids is 1. The summed E-state index contributed by atoms with van der Waals surface area (Å²) in [4.78, 5) is 11.6. The molecule has 2 aliphatic rings. The van der Waals surface area contributed by atoms with Gasteiger partial charge in [-0.1, -0.05) is 0 Å². The minimum Gasteiger partial charge on any atom is -0.379 e. The van der Waals surface area contributed by atoms with Crippen LogP contribution >= 0.6 is 0 Å². The summed E-state index contributed by atoms with van der Waals surface area (Å²) in [7, 11) is 1.68. The Kier molecular flexibility index (Phi) is 5.15. The van der Waals surface area contributed by atoms with Gasteiger partial charge >= 0.3 is 0 Å². The zero-order valence-corrected chi connectivity index (χ0v) is 11.6. The Labute approximate surface area is 113 Å². The van der Waals surface area contributed by atoms with E-state index in [-0.39, 0.29) is 18.1 Å². The highest BCUT2D eigenvalue weighted by Crippen LogP contribution is 2.27. The smallest absolute Gasteiger partial charge is 0.220 e. The Morgan fingerprint density at radius 1 is 1.37 bits per heavy atom. The van der Waals surface area contributed by atoms with E-state index in [1.54, 1.807) is 7.11 Å². The van der Waals surface area contributed by atoms with Crippen LogP contribution in [0.2, 0.25) is 0 Å². The van der Waals surface area contributed by atoms with Crippen LogP contribution in [0.4, 0.5) is 0 Å². The monoisotopic (exact) mass is 273 g/mol. The largest absolute Gasteiger partial charge is 0.379 e. The van der Waals surface area contributed by atoms with Crippen LogP contribution < -0.4 is 5.32 Å². The van der Waals surface area contributed by atoms with Crippen LogP contribution in [0.5, 0.6) is 0 Å². The maximum absolute atomic E-state index is 11.6. The summed E-state index contributed by atoms with van der Waals surface area (Å²) < 4.78 is 21.5. The van der Waals surface area contributed by atoms with Gasteiger partial charge in [0.05, 0.1) is 32.0 Å². The average Bonchev–Trinajstić information content (AvgIpc) is 3.04. The lowest BCUT2D eigenvalue weighted by atomic mass is 10.1. The summed E-state index contributed by atoms with van der Waals surface area (Å²) in [5.74, 6) is -0.587. The number of methoxy groups -OCH3 is 1. The highest BCUT2D eigenvalue weighted by atomic mass is 16.7. The van der Waals surface area contributed by atoms with Crippen molar-refractivity contribution in [3.63, 3.8) is 0 Å². The molecule has 1 saturated heterocycles. The van der Waals surface area contributed by atoms with Crippen LogP contribution in [0.3, 0.4) is 0 Å². The Balaban J connectivity index is 1.48. The Morgan fingerprint density at radius 3 is 2.74 bits per heavy atom. The standard InChI is InChI=1S/C13H23NO5/c1-13(18-7-8-19-13)4-3-12(15)14-5-6-17-11-9-10(11)16-2/h10-11H,3-9H2,1-2H3,(H,14,15). The van der Waals surface area contributed by atoms with Crippen molar-refractivity contribution in [3.8, 4) is 0 Å². The molecule has 1 heterocycles. The molecule has 1 amide bonds. The summed E-state index contributed by atoms with van der Waals surface area (Å²) in [6.45, 7) is 4.14. The first kappa shape index (κ1) is 14.7. The first-order valence-corrected chi connectivity index (χ1v) is 6.82. The molecule has 1 saturated carbocycles. The van der Waals surface area contributed by atoms with Crippen molar-refractivity contribution in [1.29, 1.82) is 0 Å². The van der Waals surface area contributed by atoms with Gasteiger partial charge in [0.2, 0.25) is 5.91 Å². The van der Waals surface area contributed by atoms with Crippen molar-refractivity contribution in [3.05, 3.63) is 0 Å². The zero-order chi connectivity index (χ0) is 13.7. The van der Waals surface area contributed by atoms with Crippen LogP contribution in [0.1, 0.15) is 26.2 Å². The van der Waals surface area contributed by atoms with Crippen molar-refractivity contribution in [2.45, 2.75) is 44.2 Å². The lowest BCUT2D eigenvalue weighted by Gasteiger charge is -2.21. The van der Waals surface area contributed by atoms with Gasteiger partial charge in [-0.05, 0) is 6.92 Å². The Bertz CT molecular complexity index is 303. The molecule has 2 atom stereocenters. The molecule has 0 aromatic rings. The average molecular weight is 273 g/mol. The van der Waals surface area contributed by atoms with Crippen molar-refractivity contribution in [2.24, 2.45) is 0 Å². The summed E-state index contributed by atoms with van der Waals surface area (Å²) in [6.07, 6.45) is 2.39. The topological polar surface area (TPSA) is 66.0 Å². The van der Waals surface area contributed by atoms with Gasteiger partial charge in [0, 0.05) is 32.9 Å². The highest BCUT2D eigenvalue weighted by Gasteiger charge is 2.38. The van der Waals surface area contributed by atoms with Gasteiger partial charge in [0.1, 0.15) is 0 Å². The van der Waals surface area contributed by atoms with Crippen LogP contribution in [0.15, 0.2) is 0 Å². The quantitative estimate of drug-likeness (QED) is 0.650. The van der Waals surface area contributed by atoms with E-state index >= 15 is 0 Å². The van der Waals surface area contributed by atoms with Gasteiger partial charge in [-0.2, -0.15) is 0 Å². The first-order chi connectivity index (χ1) is 9.13. The molecule has 2 rings (SSSR count). The summed E-state index contributed by atoms with van der Waals surface area (Å²) in [5, 5.41) is 2.82. The zero-order valence-electron chi connectivity index (χ0n) is 11.6. The predicted molar refractivity (Wildman–Crippen MR) is 67.7 cm³/mol. The predicted octanol–water partition coefficient (Wildman–Crippen LogP) is 0.450. The number of ether oxygens (including phenoxy) is 4. The molecular weight excluding hydrogens is 250 g/mol. The third kappa shape index (κ3) is 4.72. The maximum Gasteiger partial charge on any atom is 0.220 e. The first-order valence-electron chi connectivity index (χ1n) is 6.82. The van der Waals surface area contributed by atoms with E-state index in [9.17, 15) is 4.79 Å². The van der Waals surface area contributed by atoms with Gasteiger partial charge in [-0.15, -0.1) is 0 Å². The van der Waals surface area contributed by atoms with Crippen molar-refractivity contribution >= 4 is 5.91 Å². The molecule has 6 nitrogen and oxygen atoms in total. The molecule has 1 aliphatic heterocycles. The lowest BCUT2D eigenvalue weighted by molar-refractivity contribution is -0.152. The number of hydrogen-bond acceptors (Lipinski definition) is 5. The van der Waals surface area contributed by atoms with Gasteiger partial charge in [-0.25, -0.2) is 0 Å². The Hall–Kier alpha value is -0.690. The number of rotatable bonds is 8. The van der Waals surface area contributed by atoms with Crippen LogP contribution in [0, 0.1) is 0 Å². The van der Waals surface area contributed by atoms with Gasteiger partial charge < -0.3 is 24.3 Å². The van der Waals surface area contributed by atoms with E-state index in [0.29, 0.717) is 39.2 Å².